The minimum absolute atomic E-state index is 0.00298. The number of Topliss-reactive ketones (excluding diaryl/α,β-unsaturated/α-hetero) is 2. The number of ketones is 2. The van der Waals surface area contributed by atoms with Crippen LogP contribution < -0.4 is 9.47 Å². The van der Waals surface area contributed by atoms with Gasteiger partial charge in [-0.3, -0.25) is 9.59 Å². The number of hydrogen-bond acceptors (Lipinski definition) is 9. The molecule has 4 aromatic rings. The van der Waals surface area contributed by atoms with E-state index in [1.807, 2.05) is 0 Å². The Kier molecular flexibility index (Phi) is 8.45. The number of thiophene rings is 1. The maximum absolute atomic E-state index is 14.2. The number of esters is 1. The quantitative estimate of drug-likeness (QED) is 0.207. The molecule has 2 aromatic carbocycles. The molecule has 0 fully saturated rings. The summed E-state index contributed by atoms with van der Waals surface area (Å²) in [6, 6.07) is 12.1. The number of rotatable bonds is 11. The Hall–Kier alpha value is -4.15. The van der Waals surface area contributed by atoms with Crippen LogP contribution in [0.1, 0.15) is 44.0 Å². The zero-order valence-corrected chi connectivity index (χ0v) is 21.5. The van der Waals surface area contributed by atoms with Crippen molar-refractivity contribution in [2.75, 3.05) is 27.4 Å². The first-order valence-electron chi connectivity index (χ1n) is 11.6. The summed E-state index contributed by atoms with van der Waals surface area (Å²) < 4.78 is 30.1. The van der Waals surface area contributed by atoms with Crippen LogP contribution in [0.4, 0.5) is 4.39 Å². The monoisotopic (exact) mass is 537 g/mol. The molecule has 0 spiro atoms. The van der Waals surface area contributed by atoms with E-state index in [1.165, 1.54) is 49.8 Å². The van der Waals surface area contributed by atoms with Gasteiger partial charge in [0.25, 0.3) is 0 Å². The first-order valence-corrected chi connectivity index (χ1v) is 12.5. The summed E-state index contributed by atoms with van der Waals surface area (Å²) in [5.74, 6) is -1.05. The number of aromatic nitrogens is 1. The Morgan fingerprint density at radius 1 is 0.974 bits per heavy atom. The number of halogens is 1. The van der Waals surface area contributed by atoms with Crippen LogP contribution in [0.25, 0.3) is 21.3 Å². The van der Waals surface area contributed by atoms with Crippen LogP contribution in [0.2, 0.25) is 0 Å². The lowest BCUT2D eigenvalue weighted by Crippen LogP contribution is -2.10. The minimum atomic E-state index is -0.653. The molecule has 0 saturated heterocycles. The molecule has 1 N–H and O–H groups in total. The molecule has 8 nitrogen and oxygen atoms in total. The zero-order valence-electron chi connectivity index (χ0n) is 20.7. The fourth-order valence-corrected chi connectivity index (χ4v) is 4.85. The molecule has 0 aliphatic heterocycles. The summed E-state index contributed by atoms with van der Waals surface area (Å²) in [7, 11) is 2.66. The second-order valence-corrected chi connectivity index (χ2v) is 9.05. The van der Waals surface area contributed by atoms with Crippen molar-refractivity contribution in [1.82, 2.24) is 4.98 Å². The zero-order chi connectivity index (χ0) is 27.2. The molecule has 2 aromatic heterocycles. The summed E-state index contributed by atoms with van der Waals surface area (Å²) in [6.07, 6.45) is -0.259. The van der Waals surface area contributed by atoms with Crippen LogP contribution >= 0.6 is 11.3 Å². The molecule has 2 heterocycles. The van der Waals surface area contributed by atoms with Crippen molar-refractivity contribution in [3.63, 3.8) is 0 Å². The van der Waals surface area contributed by atoms with Crippen molar-refractivity contribution in [1.29, 1.82) is 0 Å². The smallest absolute Gasteiger partial charge is 0.338 e. The summed E-state index contributed by atoms with van der Waals surface area (Å²) in [5, 5.41) is 11.3. The van der Waals surface area contributed by atoms with E-state index in [9.17, 15) is 18.8 Å². The number of hydrogen-bond donors (Lipinski definition) is 1. The molecule has 0 radical (unpaired) electrons. The van der Waals surface area contributed by atoms with Crippen LogP contribution in [-0.2, 0) is 4.74 Å². The number of nitrogens with zero attached hydrogens (tertiary/aromatic N) is 1. The van der Waals surface area contributed by atoms with E-state index in [1.54, 1.807) is 29.6 Å². The molecule has 0 aliphatic carbocycles. The first kappa shape index (κ1) is 26.9. The number of fused-ring (bicyclic) bond motifs is 1. The van der Waals surface area contributed by atoms with Gasteiger partial charge in [0.2, 0.25) is 0 Å². The molecule has 0 aliphatic rings. The molecule has 4 rings (SSSR count). The van der Waals surface area contributed by atoms with E-state index in [4.69, 9.17) is 19.3 Å². The number of pyridine rings is 1. The van der Waals surface area contributed by atoms with Gasteiger partial charge in [0.1, 0.15) is 18.1 Å². The largest absolute Gasteiger partial charge is 0.493 e. The molecule has 0 amide bonds. The van der Waals surface area contributed by atoms with Crippen molar-refractivity contribution in [3.05, 3.63) is 76.5 Å². The number of benzene rings is 2. The molecular formula is C28H24FNO7S. The summed E-state index contributed by atoms with van der Waals surface area (Å²) in [5.41, 5.74) is 1.34. The van der Waals surface area contributed by atoms with E-state index in [2.05, 4.69) is 4.98 Å². The summed E-state index contributed by atoms with van der Waals surface area (Å²) in [6.45, 7) is -0.0910. The van der Waals surface area contributed by atoms with Gasteiger partial charge in [-0.15, -0.1) is 11.3 Å². The fraction of sp³-hybridized carbons (Fsp3) is 0.214. The summed E-state index contributed by atoms with van der Waals surface area (Å²) in [4.78, 5) is 42.7. The van der Waals surface area contributed by atoms with Crippen molar-refractivity contribution < 1.29 is 38.1 Å². The number of carbonyl (C=O) groups excluding carboxylic acids is 3. The highest BCUT2D eigenvalue weighted by Gasteiger charge is 2.20. The van der Waals surface area contributed by atoms with E-state index in [0.29, 0.717) is 38.4 Å². The van der Waals surface area contributed by atoms with Crippen LogP contribution in [0.3, 0.4) is 0 Å². The molecule has 0 bridgehead atoms. The van der Waals surface area contributed by atoms with Crippen LogP contribution in [0.15, 0.2) is 53.9 Å². The fourth-order valence-electron chi connectivity index (χ4n) is 3.88. The molecule has 38 heavy (non-hydrogen) atoms. The third kappa shape index (κ3) is 5.71. The third-order valence-electron chi connectivity index (χ3n) is 5.77. The molecule has 0 atom stereocenters. The normalized spacial score (nSPS) is 10.8. The Labute approximate surface area is 221 Å². The molecule has 10 heteroatoms. The van der Waals surface area contributed by atoms with Gasteiger partial charge in [0, 0.05) is 34.7 Å². The second kappa shape index (κ2) is 11.9. The Morgan fingerprint density at radius 2 is 1.76 bits per heavy atom. The highest BCUT2D eigenvalue weighted by atomic mass is 32.1. The van der Waals surface area contributed by atoms with E-state index in [-0.39, 0.29) is 48.9 Å². The predicted octanol–water partition coefficient (Wildman–Crippen LogP) is 5.11. The van der Waals surface area contributed by atoms with Gasteiger partial charge in [-0.1, -0.05) is 12.1 Å². The molecule has 0 unspecified atom stereocenters. The maximum atomic E-state index is 14.2. The maximum Gasteiger partial charge on any atom is 0.338 e. The Morgan fingerprint density at radius 3 is 2.50 bits per heavy atom. The lowest BCUT2D eigenvalue weighted by atomic mass is 10.0. The van der Waals surface area contributed by atoms with E-state index >= 15 is 0 Å². The number of aliphatic hydroxyl groups is 1. The first-order chi connectivity index (χ1) is 18.4. The Bertz CT molecular complexity index is 1510. The van der Waals surface area contributed by atoms with Crippen LogP contribution in [0.5, 0.6) is 11.5 Å². The average Bonchev–Trinajstić information content (AvgIpc) is 3.39. The van der Waals surface area contributed by atoms with Crippen molar-refractivity contribution >= 4 is 39.0 Å². The Balaban J connectivity index is 1.58. The minimum Gasteiger partial charge on any atom is -0.493 e. The van der Waals surface area contributed by atoms with Gasteiger partial charge in [-0.25, -0.2) is 14.2 Å². The topological polar surface area (TPSA) is 112 Å². The summed E-state index contributed by atoms with van der Waals surface area (Å²) >= 11 is 1.20. The number of ether oxygens (including phenoxy) is 3. The van der Waals surface area contributed by atoms with Gasteiger partial charge in [0.05, 0.1) is 36.8 Å². The van der Waals surface area contributed by atoms with Crippen molar-refractivity contribution in [3.8, 4) is 22.8 Å². The molecular weight excluding hydrogens is 513 g/mol. The number of carbonyl (C=O) groups is 3. The highest BCUT2D eigenvalue weighted by Crippen LogP contribution is 2.35. The van der Waals surface area contributed by atoms with E-state index in [0.717, 1.165) is 0 Å². The lowest BCUT2D eigenvalue weighted by Gasteiger charge is -2.11. The van der Waals surface area contributed by atoms with Crippen LogP contribution in [0, 0.1) is 5.82 Å². The second-order valence-electron chi connectivity index (χ2n) is 8.17. The van der Waals surface area contributed by atoms with Gasteiger partial charge in [0.15, 0.2) is 23.1 Å². The molecule has 0 saturated carbocycles. The number of aliphatic hydroxyl groups excluding tert-OH is 1. The van der Waals surface area contributed by atoms with Crippen LogP contribution in [-0.4, -0.2) is 55.1 Å². The lowest BCUT2D eigenvalue weighted by molar-refractivity contribution is 0.0600. The van der Waals surface area contributed by atoms with Gasteiger partial charge in [-0.2, -0.15) is 0 Å². The predicted molar refractivity (Wildman–Crippen MR) is 140 cm³/mol. The van der Waals surface area contributed by atoms with Crippen molar-refractivity contribution in [2.45, 2.75) is 12.8 Å². The van der Waals surface area contributed by atoms with E-state index < -0.39 is 11.8 Å². The molecule has 196 valence electrons. The average molecular weight is 538 g/mol. The van der Waals surface area contributed by atoms with Crippen molar-refractivity contribution in [2.24, 2.45) is 0 Å². The van der Waals surface area contributed by atoms with Gasteiger partial charge >= 0.3 is 5.97 Å². The number of methoxy groups -OCH3 is 2. The highest BCUT2D eigenvalue weighted by molar-refractivity contribution is 7.17. The van der Waals surface area contributed by atoms with Gasteiger partial charge < -0.3 is 19.3 Å². The SMILES string of the molecule is COC(=O)c1cc(C(=O)CCC(=O)c2ccc(OCCO)c(OC)c2)nc(-c2csc3c(F)cccc23)c1. The third-order valence-corrected chi connectivity index (χ3v) is 6.78. The van der Waals surface area contributed by atoms with Gasteiger partial charge in [-0.05, 0) is 36.4 Å². The standard InChI is InChI=1S/C28H24FNO7S/c1-35-26-14-16(6-9-25(26)37-11-10-31)23(32)7-8-24(33)22-13-17(28(34)36-2)12-21(30-22)19-15-38-27-18(19)4-3-5-20(27)29/h3-6,9,12-15,31H,7-8,10-11H2,1-2H3.